The number of benzene rings is 1. The summed E-state index contributed by atoms with van der Waals surface area (Å²) in [6, 6.07) is 6.49. The Hall–Kier alpha value is -1.18. The quantitative estimate of drug-likeness (QED) is 0.821. The van der Waals surface area contributed by atoms with Crippen LogP contribution in [-0.2, 0) is 6.42 Å². The third-order valence-corrected chi connectivity index (χ3v) is 5.66. The van der Waals surface area contributed by atoms with Gasteiger partial charge in [0.2, 0.25) is 0 Å². The van der Waals surface area contributed by atoms with E-state index in [0.717, 1.165) is 23.4 Å². The summed E-state index contributed by atoms with van der Waals surface area (Å²) in [6.07, 6.45) is 8.53. The lowest BCUT2D eigenvalue weighted by Gasteiger charge is -2.35. The summed E-state index contributed by atoms with van der Waals surface area (Å²) in [5.74, 6) is 3.03. The van der Waals surface area contributed by atoms with Crippen LogP contribution in [0.15, 0.2) is 18.2 Å². The molecule has 2 bridgehead atoms. The van der Waals surface area contributed by atoms with Crippen LogP contribution in [0, 0.1) is 17.8 Å². The van der Waals surface area contributed by atoms with Crippen molar-refractivity contribution in [2.24, 2.45) is 17.8 Å². The van der Waals surface area contributed by atoms with Gasteiger partial charge in [-0.05, 0) is 67.6 Å². The van der Waals surface area contributed by atoms with E-state index < -0.39 is 0 Å². The molecule has 0 amide bonds. The van der Waals surface area contributed by atoms with Crippen molar-refractivity contribution < 1.29 is 0 Å². The molecule has 2 saturated carbocycles. The molecule has 0 saturated heterocycles. The zero-order chi connectivity index (χ0) is 12.8. The average molecular weight is 256 g/mol. The van der Waals surface area contributed by atoms with Crippen LogP contribution in [0.4, 0.5) is 11.4 Å². The highest BCUT2D eigenvalue weighted by Crippen LogP contribution is 2.49. The van der Waals surface area contributed by atoms with Crippen LogP contribution in [0.1, 0.15) is 37.7 Å². The van der Waals surface area contributed by atoms with Crippen molar-refractivity contribution in [1.82, 2.24) is 0 Å². The first-order chi connectivity index (χ1) is 9.29. The van der Waals surface area contributed by atoms with E-state index in [4.69, 9.17) is 5.73 Å². The maximum Gasteiger partial charge on any atom is 0.0419 e. The minimum atomic E-state index is 0.915. The molecule has 2 fully saturated rings. The lowest BCUT2D eigenvalue weighted by Crippen LogP contribution is -2.35. The number of nitrogen functional groups attached to an aromatic ring is 1. The first kappa shape index (κ1) is 11.6. The normalized spacial score (nSPS) is 32.6. The van der Waals surface area contributed by atoms with E-state index in [-0.39, 0.29) is 0 Å². The Morgan fingerprint density at radius 3 is 2.95 bits per heavy atom. The number of anilines is 2. The number of rotatable bonds is 2. The lowest BCUT2D eigenvalue weighted by molar-refractivity contribution is 0.332. The second-order valence-electron chi connectivity index (χ2n) is 6.87. The highest BCUT2D eigenvalue weighted by Gasteiger charge is 2.40. The van der Waals surface area contributed by atoms with Crippen LogP contribution >= 0.6 is 0 Å². The number of nitrogens with two attached hydrogens (primary N) is 1. The summed E-state index contributed by atoms with van der Waals surface area (Å²) in [5.41, 5.74) is 9.83. The molecule has 19 heavy (non-hydrogen) atoms. The van der Waals surface area contributed by atoms with Gasteiger partial charge < -0.3 is 10.6 Å². The second-order valence-corrected chi connectivity index (χ2v) is 6.87. The first-order valence-electron chi connectivity index (χ1n) is 7.93. The van der Waals surface area contributed by atoms with E-state index >= 15 is 0 Å². The summed E-state index contributed by atoms with van der Waals surface area (Å²) in [6.45, 7) is 2.50. The minimum Gasteiger partial charge on any atom is -0.399 e. The Morgan fingerprint density at radius 1 is 1.21 bits per heavy atom. The molecule has 3 atom stereocenters. The molecule has 102 valence electrons. The number of fused-ring (bicyclic) bond motifs is 3. The van der Waals surface area contributed by atoms with Gasteiger partial charge in [0.15, 0.2) is 0 Å². The summed E-state index contributed by atoms with van der Waals surface area (Å²) < 4.78 is 0. The van der Waals surface area contributed by atoms with Gasteiger partial charge in [0.25, 0.3) is 0 Å². The minimum absolute atomic E-state index is 0.915. The van der Waals surface area contributed by atoms with Gasteiger partial charge in [-0.25, -0.2) is 0 Å². The van der Waals surface area contributed by atoms with E-state index in [1.807, 2.05) is 0 Å². The Balaban J connectivity index is 1.55. The van der Waals surface area contributed by atoms with Gasteiger partial charge in [-0.1, -0.05) is 12.5 Å². The fourth-order valence-corrected chi connectivity index (χ4v) is 4.74. The van der Waals surface area contributed by atoms with Gasteiger partial charge in [-0.2, -0.15) is 0 Å². The number of hydrogen-bond acceptors (Lipinski definition) is 2. The first-order valence-corrected chi connectivity index (χ1v) is 7.93. The molecule has 0 aromatic heterocycles. The molecule has 3 unspecified atom stereocenters. The molecular formula is C17H24N2. The molecule has 2 nitrogen and oxygen atoms in total. The van der Waals surface area contributed by atoms with Crippen LogP contribution in [0.2, 0.25) is 0 Å². The predicted molar refractivity (Wildman–Crippen MR) is 80.3 cm³/mol. The topological polar surface area (TPSA) is 29.3 Å². The highest BCUT2D eigenvalue weighted by atomic mass is 15.1. The maximum absolute atomic E-state index is 5.99. The third-order valence-electron chi connectivity index (χ3n) is 5.66. The Morgan fingerprint density at radius 2 is 2.16 bits per heavy atom. The van der Waals surface area contributed by atoms with E-state index in [9.17, 15) is 0 Å². The average Bonchev–Trinajstić information content (AvgIpc) is 3.02. The van der Waals surface area contributed by atoms with E-state index in [1.54, 1.807) is 0 Å². The molecule has 4 rings (SSSR count). The molecule has 1 aliphatic heterocycles. The van der Waals surface area contributed by atoms with Crippen molar-refractivity contribution in [2.75, 3.05) is 23.7 Å². The van der Waals surface area contributed by atoms with Gasteiger partial charge in [0, 0.05) is 24.5 Å². The van der Waals surface area contributed by atoms with E-state index in [0.29, 0.717) is 0 Å². The fraction of sp³-hybridized carbons (Fsp3) is 0.647. The number of nitrogens with zero attached hydrogens (tertiary/aromatic N) is 1. The van der Waals surface area contributed by atoms with Crippen molar-refractivity contribution >= 4 is 11.4 Å². The molecule has 2 N–H and O–H groups in total. The van der Waals surface area contributed by atoms with Gasteiger partial charge in [-0.3, -0.25) is 0 Å². The molecule has 2 heteroatoms. The molecular weight excluding hydrogens is 232 g/mol. The summed E-state index contributed by atoms with van der Waals surface area (Å²) in [7, 11) is 0. The Kier molecular flexibility index (Phi) is 2.71. The molecule has 1 heterocycles. The SMILES string of the molecule is Nc1ccc2c(c1)N(CC1CC3CCC1C3)CCC2. The molecule has 1 aromatic rings. The van der Waals surface area contributed by atoms with E-state index in [1.165, 1.54) is 62.9 Å². The van der Waals surface area contributed by atoms with Crippen molar-refractivity contribution in [2.45, 2.75) is 38.5 Å². The zero-order valence-electron chi connectivity index (χ0n) is 11.6. The van der Waals surface area contributed by atoms with Gasteiger partial charge in [0.1, 0.15) is 0 Å². The predicted octanol–water partition coefficient (Wildman–Crippen LogP) is 3.46. The van der Waals surface area contributed by atoms with Gasteiger partial charge >= 0.3 is 0 Å². The van der Waals surface area contributed by atoms with Crippen LogP contribution in [0.3, 0.4) is 0 Å². The molecule has 1 aromatic carbocycles. The van der Waals surface area contributed by atoms with E-state index in [2.05, 4.69) is 23.1 Å². The largest absolute Gasteiger partial charge is 0.399 e. The molecule has 0 spiro atoms. The summed E-state index contributed by atoms with van der Waals surface area (Å²) >= 11 is 0. The second kappa shape index (κ2) is 4.43. The Labute approximate surface area is 116 Å². The van der Waals surface area contributed by atoms with Crippen LogP contribution in [0.5, 0.6) is 0 Å². The van der Waals surface area contributed by atoms with Crippen LogP contribution < -0.4 is 10.6 Å². The van der Waals surface area contributed by atoms with Gasteiger partial charge in [0.05, 0.1) is 0 Å². The standard InChI is InChI=1S/C17H24N2/c18-16-6-5-13-2-1-7-19(17(13)10-16)11-15-9-12-3-4-14(15)8-12/h5-6,10,12,14-15H,1-4,7-9,11,18H2. The van der Waals surface area contributed by atoms with Crippen molar-refractivity contribution in [3.05, 3.63) is 23.8 Å². The monoisotopic (exact) mass is 256 g/mol. The molecule has 3 aliphatic rings. The van der Waals surface area contributed by atoms with Crippen molar-refractivity contribution in [1.29, 1.82) is 0 Å². The Bertz CT molecular complexity index is 482. The third kappa shape index (κ3) is 2.01. The van der Waals surface area contributed by atoms with Crippen LogP contribution in [-0.4, -0.2) is 13.1 Å². The smallest absolute Gasteiger partial charge is 0.0419 e. The summed E-state index contributed by atoms with van der Waals surface area (Å²) in [5, 5.41) is 0. The summed E-state index contributed by atoms with van der Waals surface area (Å²) in [4.78, 5) is 2.63. The van der Waals surface area contributed by atoms with Crippen LogP contribution in [0.25, 0.3) is 0 Å². The fourth-order valence-electron chi connectivity index (χ4n) is 4.74. The zero-order valence-corrected chi connectivity index (χ0v) is 11.6. The van der Waals surface area contributed by atoms with Crippen molar-refractivity contribution in [3.63, 3.8) is 0 Å². The number of aryl methyl sites for hydroxylation is 1. The van der Waals surface area contributed by atoms with Gasteiger partial charge in [-0.15, -0.1) is 0 Å². The number of hydrogen-bond donors (Lipinski definition) is 1. The van der Waals surface area contributed by atoms with Crippen molar-refractivity contribution in [3.8, 4) is 0 Å². The molecule has 2 aliphatic carbocycles. The lowest BCUT2D eigenvalue weighted by atomic mass is 9.87. The maximum atomic E-state index is 5.99. The highest BCUT2D eigenvalue weighted by molar-refractivity contribution is 5.62. The molecule has 0 radical (unpaired) electrons.